The Balaban J connectivity index is 0.00000182. The van der Waals surface area contributed by atoms with Gasteiger partial charge in [-0.05, 0) is 38.7 Å². The summed E-state index contributed by atoms with van der Waals surface area (Å²) >= 11 is 0. The van der Waals surface area contributed by atoms with Crippen LogP contribution in [0.4, 0.5) is 10.1 Å². The zero-order valence-electron chi connectivity index (χ0n) is 14.2. The van der Waals surface area contributed by atoms with Gasteiger partial charge in [0.05, 0.1) is 16.6 Å². The van der Waals surface area contributed by atoms with Crippen molar-refractivity contribution >= 4 is 29.0 Å². The molecule has 2 aromatic rings. The van der Waals surface area contributed by atoms with Crippen molar-refractivity contribution in [1.29, 1.82) is 0 Å². The maximum Gasteiger partial charge on any atom is 0.329 e. The topological polar surface area (TPSA) is 84.1 Å². The monoisotopic (exact) mass is 368 g/mol. The van der Waals surface area contributed by atoms with E-state index < -0.39 is 17.1 Å². The molecule has 6 nitrogen and oxygen atoms in total. The van der Waals surface area contributed by atoms with Gasteiger partial charge in [0.15, 0.2) is 0 Å². The Bertz CT molecular complexity index is 952. The van der Waals surface area contributed by atoms with E-state index in [1.807, 2.05) is 18.7 Å². The molecule has 136 valence electrons. The van der Waals surface area contributed by atoms with E-state index in [1.165, 1.54) is 6.07 Å². The van der Waals surface area contributed by atoms with Crippen LogP contribution in [0.3, 0.4) is 0 Å². The van der Waals surface area contributed by atoms with E-state index >= 15 is 0 Å². The van der Waals surface area contributed by atoms with Crippen molar-refractivity contribution in [3.63, 3.8) is 0 Å². The molecule has 3 heterocycles. The highest BCUT2D eigenvalue weighted by Crippen LogP contribution is 2.39. The fraction of sp³-hybridized carbons (Fsp3) is 0.529. The molecule has 0 amide bonds. The van der Waals surface area contributed by atoms with Crippen molar-refractivity contribution in [2.45, 2.75) is 38.8 Å². The molecule has 0 spiro atoms. The van der Waals surface area contributed by atoms with Gasteiger partial charge < -0.3 is 10.6 Å². The van der Waals surface area contributed by atoms with Gasteiger partial charge in [-0.2, -0.15) is 0 Å². The molecule has 2 aliphatic heterocycles. The van der Waals surface area contributed by atoms with Gasteiger partial charge in [0.1, 0.15) is 5.82 Å². The molecule has 0 bridgehead atoms. The summed E-state index contributed by atoms with van der Waals surface area (Å²) in [5.74, 6) is -0.0693. The zero-order valence-corrected chi connectivity index (χ0v) is 15.0. The number of benzene rings is 1. The minimum Gasteiger partial charge on any atom is -0.369 e. The van der Waals surface area contributed by atoms with E-state index in [-0.39, 0.29) is 29.9 Å². The highest BCUT2D eigenvalue weighted by molar-refractivity contribution is 5.89. The number of hydrogen-bond acceptors (Lipinski definition) is 4. The van der Waals surface area contributed by atoms with Gasteiger partial charge in [0.25, 0.3) is 5.56 Å². The number of nitrogens with one attached hydrogen (secondary N) is 1. The highest BCUT2D eigenvalue weighted by atomic mass is 35.5. The average Bonchev–Trinajstić information content (AvgIpc) is 3.09. The fourth-order valence-corrected chi connectivity index (χ4v) is 4.22. The standard InChI is InChI=1S/C17H21FN4O2.ClH/c1-8-5-11-14-12(16(23)20-17(24)22(8)14)6-13(18)15(11)21-4-3-10(7-21)9(2)19;/h6,8-10H,3-5,7,19H2,1-2H3,(H,20,23,24);1H/t8?,9-,10?;/m0./s1. The second kappa shape index (κ2) is 6.14. The molecule has 1 saturated heterocycles. The minimum absolute atomic E-state index is 0. The molecule has 1 fully saturated rings. The van der Waals surface area contributed by atoms with Crippen molar-refractivity contribution < 1.29 is 4.39 Å². The lowest BCUT2D eigenvalue weighted by Crippen LogP contribution is -2.31. The van der Waals surface area contributed by atoms with Crippen molar-refractivity contribution in [1.82, 2.24) is 9.55 Å². The van der Waals surface area contributed by atoms with E-state index in [0.29, 0.717) is 30.1 Å². The number of H-pyrrole nitrogens is 1. The molecule has 0 radical (unpaired) electrons. The van der Waals surface area contributed by atoms with Crippen LogP contribution in [-0.2, 0) is 6.42 Å². The van der Waals surface area contributed by atoms with Crippen LogP contribution in [0.2, 0.25) is 0 Å². The second-order valence-corrected chi connectivity index (χ2v) is 7.12. The Hall–Kier alpha value is -1.86. The predicted octanol–water partition coefficient (Wildman–Crippen LogP) is 1.54. The lowest BCUT2D eigenvalue weighted by Gasteiger charge is -2.23. The van der Waals surface area contributed by atoms with Crippen molar-refractivity contribution in [2.75, 3.05) is 18.0 Å². The first kappa shape index (κ1) is 17.9. The van der Waals surface area contributed by atoms with Crippen LogP contribution in [0.5, 0.6) is 0 Å². The number of anilines is 1. The molecule has 0 saturated carbocycles. The van der Waals surface area contributed by atoms with Crippen LogP contribution in [0.1, 0.15) is 31.9 Å². The fourth-order valence-electron chi connectivity index (χ4n) is 4.22. The second-order valence-electron chi connectivity index (χ2n) is 7.12. The molecule has 2 unspecified atom stereocenters. The lowest BCUT2D eigenvalue weighted by atomic mass is 10.0. The van der Waals surface area contributed by atoms with E-state index in [9.17, 15) is 14.0 Å². The zero-order chi connectivity index (χ0) is 17.2. The van der Waals surface area contributed by atoms with Crippen LogP contribution < -0.4 is 21.9 Å². The summed E-state index contributed by atoms with van der Waals surface area (Å²) in [6, 6.07) is 1.23. The number of aromatic nitrogens is 2. The van der Waals surface area contributed by atoms with Crippen molar-refractivity contribution in [3.05, 3.63) is 38.3 Å². The summed E-state index contributed by atoms with van der Waals surface area (Å²) in [6.07, 6.45) is 1.47. The molecule has 1 aromatic carbocycles. The number of nitrogens with zero attached hydrogens (tertiary/aromatic N) is 2. The van der Waals surface area contributed by atoms with Crippen LogP contribution >= 0.6 is 12.4 Å². The maximum atomic E-state index is 14.9. The largest absolute Gasteiger partial charge is 0.369 e. The smallest absolute Gasteiger partial charge is 0.329 e. The van der Waals surface area contributed by atoms with Crippen molar-refractivity contribution in [2.24, 2.45) is 11.7 Å². The first-order valence-electron chi connectivity index (χ1n) is 8.39. The summed E-state index contributed by atoms with van der Waals surface area (Å²) in [4.78, 5) is 28.6. The Kier molecular flexibility index (Phi) is 4.41. The molecular weight excluding hydrogens is 347 g/mol. The third kappa shape index (κ3) is 2.57. The summed E-state index contributed by atoms with van der Waals surface area (Å²) in [7, 11) is 0. The quantitative estimate of drug-likeness (QED) is 0.842. The van der Waals surface area contributed by atoms with Gasteiger partial charge in [-0.3, -0.25) is 14.3 Å². The van der Waals surface area contributed by atoms with Gasteiger partial charge in [-0.1, -0.05) is 0 Å². The summed E-state index contributed by atoms with van der Waals surface area (Å²) < 4.78 is 16.4. The number of aromatic amines is 1. The van der Waals surface area contributed by atoms with E-state index in [4.69, 9.17) is 5.73 Å². The Morgan fingerprint density at radius 2 is 2.12 bits per heavy atom. The number of nitrogens with two attached hydrogens (primary N) is 1. The van der Waals surface area contributed by atoms with E-state index in [0.717, 1.165) is 18.5 Å². The van der Waals surface area contributed by atoms with E-state index in [1.54, 1.807) is 4.57 Å². The van der Waals surface area contributed by atoms with Crippen LogP contribution in [0.25, 0.3) is 10.9 Å². The molecule has 2 aliphatic rings. The molecule has 4 rings (SSSR count). The van der Waals surface area contributed by atoms with Gasteiger partial charge in [0, 0.05) is 30.7 Å². The van der Waals surface area contributed by atoms with Gasteiger partial charge in [0.2, 0.25) is 0 Å². The Labute approximate surface area is 150 Å². The number of halogens is 2. The predicted molar refractivity (Wildman–Crippen MR) is 98.4 cm³/mol. The minimum atomic E-state index is -0.526. The van der Waals surface area contributed by atoms with E-state index in [2.05, 4.69) is 4.98 Å². The normalized spacial score (nSPS) is 23.1. The van der Waals surface area contributed by atoms with Gasteiger partial charge in [-0.25, -0.2) is 9.18 Å². The molecule has 25 heavy (non-hydrogen) atoms. The molecule has 1 aromatic heterocycles. The first-order valence-corrected chi connectivity index (χ1v) is 8.39. The summed E-state index contributed by atoms with van der Waals surface area (Å²) in [6.45, 7) is 5.33. The highest BCUT2D eigenvalue weighted by Gasteiger charge is 2.33. The van der Waals surface area contributed by atoms with Crippen LogP contribution in [-0.4, -0.2) is 28.7 Å². The SMILES string of the molecule is CC1Cc2c(N3CCC([C@H](C)N)C3)c(F)cc3c(=O)[nH]c(=O)n1c23.Cl. The summed E-state index contributed by atoms with van der Waals surface area (Å²) in [5, 5.41) is 0.248. The third-order valence-electron chi connectivity index (χ3n) is 5.47. The molecular formula is C17H22ClFN4O2. The van der Waals surface area contributed by atoms with Crippen LogP contribution in [0.15, 0.2) is 15.7 Å². The molecule has 3 atom stereocenters. The molecule has 8 heteroatoms. The average molecular weight is 369 g/mol. The first-order chi connectivity index (χ1) is 11.4. The summed E-state index contributed by atoms with van der Waals surface area (Å²) in [5.41, 5.74) is 6.93. The number of hydrogen-bond donors (Lipinski definition) is 2. The van der Waals surface area contributed by atoms with Gasteiger partial charge >= 0.3 is 5.69 Å². The Morgan fingerprint density at radius 1 is 1.40 bits per heavy atom. The molecule has 3 N–H and O–H groups in total. The van der Waals surface area contributed by atoms with Crippen LogP contribution in [0, 0.1) is 11.7 Å². The molecule has 0 aliphatic carbocycles. The van der Waals surface area contributed by atoms with Gasteiger partial charge in [-0.15, -0.1) is 12.4 Å². The van der Waals surface area contributed by atoms with Crippen molar-refractivity contribution in [3.8, 4) is 0 Å². The lowest BCUT2D eigenvalue weighted by molar-refractivity contribution is 0.487. The third-order valence-corrected chi connectivity index (χ3v) is 5.47. The maximum absolute atomic E-state index is 14.9. The number of rotatable bonds is 2. The Morgan fingerprint density at radius 3 is 2.76 bits per heavy atom.